The minimum atomic E-state index is -0.364. The molecule has 0 radical (unpaired) electrons. The van der Waals surface area contributed by atoms with Crippen molar-refractivity contribution in [3.63, 3.8) is 0 Å². The van der Waals surface area contributed by atoms with Crippen LogP contribution in [0, 0.1) is 0 Å². The van der Waals surface area contributed by atoms with Gasteiger partial charge in [-0.2, -0.15) is 9.97 Å². The zero-order valence-corrected chi connectivity index (χ0v) is 24.5. The van der Waals surface area contributed by atoms with E-state index in [-0.39, 0.29) is 42.4 Å². The highest BCUT2D eigenvalue weighted by Crippen LogP contribution is 2.18. The molecule has 42 heavy (non-hydrogen) atoms. The number of anilines is 1. The Kier molecular flexibility index (Phi) is 10.9. The summed E-state index contributed by atoms with van der Waals surface area (Å²) < 4.78 is 16.7. The summed E-state index contributed by atoms with van der Waals surface area (Å²) in [6, 6.07) is 7.64. The first-order valence-corrected chi connectivity index (χ1v) is 14.0. The highest BCUT2D eigenvalue weighted by molar-refractivity contribution is 5.82. The predicted octanol–water partition coefficient (Wildman–Crippen LogP) is 0.109. The van der Waals surface area contributed by atoms with Gasteiger partial charge in [0.15, 0.2) is 11.5 Å². The van der Waals surface area contributed by atoms with E-state index < -0.39 is 0 Å². The second-order valence-corrected chi connectivity index (χ2v) is 10.3. The molecule has 1 aliphatic rings. The van der Waals surface area contributed by atoms with E-state index in [0.29, 0.717) is 50.4 Å². The smallest absolute Gasteiger partial charge is 0.327 e. The molecule has 0 unspecified atom stereocenters. The monoisotopic (exact) mass is 584 g/mol. The average Bonchev–Trinajstić information content (AvgIpc) is 3.30. The van der Waals surface area contributed by atoms with Crippen LogP contribution in [0.15, 0.2) is 29.1 Å². The number of carbonyl (C=O) groups excluding carboxylic acids is 2. The predicted molar refractivity (Wildman–Crippen MR) is 156 cm³/mol. The molecule has 228 valence electrons. The lowest BCUT2D eigenvalue weighted by Gasteiger charge is -2.33. The molecule has 1 aromatic carbocycles. The molecular weight excluding hydrogens is 544 g/mol. The summed E-state index contributed by atoms with van der Waals surface area (Å²) in [4.78, 5) is 55.4. The van der Waals surface area contributed by atoms with Gasteiger partial charge in [0.05, 0.1) is 26.7 Å². The van der Waals surface area contributed by atoms with Gasteiger partial charge in [0.1, 0.15) is 12.1 Å². The van der Waals surface area contributed by atoms with Crippen LogP contribution in [0.2, 0.25) is 0 Å². The minimum Gasteiger partial charge on any atom is -0.469 e. The third-order valence-corrected chi connectivity index (χ3v) is 7.24. The van der Waals surface area contributed by atoms with Crippen LogP contribution in [0.5, 0.6) is 6.01 Å². The number of nitrogen functional groups attached to an aromatic ring is 1. The van der Waals surface area contributed by atoms with Gasteiger partial charge in [0.25, 0.3) is 0 Å². The Bertz CT molecular complexity index is 1400. The number of imidazole rings is 1. The Hall–Kier alpha value is -4.01. The Morgan fingerprint density at radius 2 is 1.76 bits per heavy atom. The van der Waals surface area contributed by atoms with Crippen LogP contribution < -0.4 is 16.2 Å². The molecule has 14 nitrogen and oxygen atoms in total. The maximum atomic E-state index is 13.5. The number of nitrogens with two attached hydrogens (primary N) is 1. The van der Waals surface area contributed by atoms with Crippen LogP contribution in [0.25, 0.3) is 11.2 Å². The number of nitrogens with one attached hydrogen (secondary N) is 1. The van der Waals surface area contributed by atoms with E-state index in [1.54, 1.807) is 7.11 Å². The number of rotatable bonds is 14. The average molecular weight is 585 g/mol. The van der Waals surface area contributed by atoms with Crippen molar-refractivity contribution in [2.24, 2.45) is 0 Å². The first-order chi connectivity index (χ1) is 20.3. The topological polar surface area (TPSA) is 161 Å². The Morgan fingerprint density at radius 3 is 2.45 bits per heavy atom. The summed E-state index contributed by atoms with van der Waals surface area (Å²) in [6.07, 6.45) is 0.695. The van der Waals surface area contributed by atoms with Crippen molar-refractivity contribution in [1.29, 1.82) is 0 Å². The molecule has 1 saturated heterocycles. The summed E-state index contributed by atoms with van der Waals surface area (Å²) >= 11 is 0. The number of hydrogen-bond acceptors (Lipinski definition) is 11. The number of nitrogens with zero attached hydrogens (tertiary/aromatic N) is 6. The number of likely N-dealkylation sites (N-methyl/N-ethyl adjacent to an activating group) is 1. The summed E-state index contributed by atoms with van der Waals surface area (Å²) in [7, 11) is 5.00. The molecular formula is C28H40N8O6. The van der Waals surface area contributed by atoms with Crippen molar-refractivity contribution in [3.05, 3.63) is 45.9 Å². The van der Waals surface area contributed by atoms with Crippen LogP contribution in [0.3, 0.4) is 0 Å². The first kappa shape index (κ1) is 30.9. The number of aryl methyl sites for hydroxylation is 1. The molecule has 0 bridgehead atoms. The number of esters is 1. The standard InChI is InChI=1S/C28H40N8O6/c1-33-11-13-34(14-12-33)19-22(37)35(18-21-7-5-20(6-8-21)17-23(38)41-3)9-4-10-36-26-24(30-28(36)39)25(29)31-27(32-26)42-16-15-40-2/h5-8H,4,9-19H2,1-3H3,(H,30,39)(H2,29,31,32). The Labute approximate surface area is 244 Å². The van der Waals surface area contributed by atoms with Crippen molar-refractivity contribution < 1.29 is 23.8 Å². The number of hydrogen-bond donors (Lipinski definition) is 2. The molecule has 1 aliphatic heterocycles. The molecule has 0 aliphatic carbocycles. The molecule has 0 atom stereocenters. The lowest BCUT2D eigenvalue weighted by Crippen LogP contribution is -2.49. The van der Waals surface area contributed by atoms with E-state index in [1.807, 2.05) is 29.2 Å². The maximum Gasteiger partial charge on any atom is 0.327 e. The number of ether oxygens (including phenoxy) is 3. The molecule has 1 amide bonds. The summed E-state index contributed by atoms with van der Waals surface area (Å²) in [5, 5.41) is 0. The van der Waals surface area contributed by atoms with Gasteiger partial charge in [-0.25, -0.2) is 4.79 Å². The van der Waals surface area contributed by atoms with E-state index in [1.165, 1.54) is 11.7 Å². The van der Waals surface area contributed by atoms with Gasteiger partial charge in [-0.1, -0.05) is 24.3 Å². The van der Waals surface area contributed by atoms with Gasteiger partial charge in [-0.3, -0.25) is 19.1 Å². The first-order valence-electron chi connectivity index (χ1n) is 14.0. The van der Waals surface area contributed by atoms with Crippen molar-refractivity contribution >= 4 is 28.9 Å². The second kappa shape index (κ2) is 14.8. The number of aromatic amines is 1. The van der Waals surface area contributed by atoms with Crippen molar-refractivity contribution in [2.75, 3.05) is 79.5 Å². The largest absolute Gasteiger partial charge is 0.469 e. The number of amides is 1. The third-order valence-electron chi connectivity index (χ3n) is 7.24. The molecule has 3 heterocycles. The van der Waals surface area contributed by atoms with Gasteiger partial charge in [-0.05, 0) is 24.6 Å². The van der Waals surface area contributed by atoms with Gasteiger partial charge in [-0.15, -0.1) is 0 Å². The highest BCUT2D eigenvalue weighted by Gasteiger charge is 2.21. The maximum absolute atomic E-state index is 13.5. The summed E-state index contributed by atoms with van der Waals surface area (Å²) in [5.74, 6) is -0.173. The van der Waals surface area contributed by atoms with E-state index in [4.69, 9.17) is 19.9 Å². The van der Waals surface area contributed by atoms with E-state index in [2.05, 4.69) is 31.8 Å². The normalized spacial score (nSPS) is 14.3. The highest BCUT2D eigenvalue weighted by atomic mass is 16.5. The summed E-state index contributed by atoms with van der Waals surface area (Å²) in [6.45, 7) is 5.56. The Morgan fingerprint density at radius 1 is 1.05 bits per heavy atom. The third kappa shape index (κ3) is 8.27. The van der Waals surface area contributed by atoms with Crippen molar-refractivity contribution in [3.8, 4) is 6.01 Å². The molecule has 3 N–H and O–H groups in total. The van der Waals surface area contributed by atoms with E-state index >= 15 is 0 Å². The van der Waals surface area contributed by atoms with Gasteiger partial charge in [0, 0.05) is 52.9 Å². The molecule has 3 aromatic rings. The second-order valence-electron chi connectivity index (χ2n) is 10.3. The molecule has 1 fully saturated rings. The molecule has 14 heteroatoms. The summed E-state index contributed by atoms with van der Waals surface area (Å²) in [5.41, 5.74) is 8.16. The van der Waals surface area contributed by atoms with Crippen LogP contribution in [0.1, 0.15) is 17.5 Å². The number of benzene rings is 1. The van der Waals surface area contributed by atoms with Crippen molar-refractivity contribution in [1.82, 2.24) is 34.2 Å². The van der Waals surface area contributed by atoms with Crippen LogP contribution in [-0.2, 0) is 38.6 Å². The van der Waals surface area contributed by atoms with Crippen molar-refractivity contribution in [2.45, 2.75) is 25.9 Å². The molecule has 0 saturated carbocycles. The number of carbonyl (C=O) groups is 2. The number of fused-ring (bicyclic) bond motifs is 1. The number of H-pyrrole nitrogens is 1. The van der Waals surface area contributed by atoms with Crippen LogP contribution >= 0.6 is 0 Å². The lowest BCUT2D eigenvalue weighted by atomic mass is 10.1. The lowest BCUT2D eigenvalue weighted by molar-refractivity contribution is -0.139. The fourth-order valence-electron chi connectivity index (χ4n) is 4.75. The fourth-order valence-corrected chi connectivity index (χ4v) is 4.75. The zero-order valence-electron chi connectivity index (χ0n) is 24.5. The fraction of sp³-hybridized carbons (Fsp3) is 0.536. The number of aromatic nitrogens is 4. The van der Waals surface area contributed by atoms with Gasteiger partial charge < -0.3 is 34.7 Å². The quantitative estimate of drug-likeness (QED) is 0.195. The van der Waals surface area contributed by atoms with Crippen LogP contribution in [0.4, 0.5) is 5.82 Å². The van der Waals surface area contributed by atoms with Gasteiger partial charge >= 0.3 is 17.7 Å². The van der Waals surface area contributed by atoms with E-state index in [9.17, 15) is 14.4 Å². The molecule has 2 aromatic heterocycles. The Balaban J connectivity index is 1.46. The van der Waals surface area contributed by atoms with E-state index in [0.717, 1.165) is 37.3 Å². The zero-order chi connectivity index (χ0) is 30.1. The van der Waals surface area contributed by atoms with Gasteiger partial charge in [0.2, 0.25) is 5.91 Å². The molecule has 0 spiro atoms. The number of methoxy groups -OCH3 is 2. The molecule has 4 rings (SSSR count). The van der Waals surface area contributed by atoms with Crippen LogP contribution in [-0.4, -0.2) is 120 Å². The SMILES string of the molecule is COCCOc1nc(N)c2[nH]c(=O)n(CCCN(Cc3ccc(CC(=O)OC)cc3)C(=O)CN3CCN(C)CC3)c2n1. The minimum absolute atomic E-state index is 0.0184. The number of piperazine rings is 1.